The fourth-order valence-electron chi connectivity index (χ4n) is 2.53. The molecule has 0 aliphatic carbocycles. The molecule has 0 unspecified atom stereocenters. The van der Waals surface area contributed by atoms with E-state index in [-0.39, 0.29) is 5.69 Å². The zero-order chi connectivity index (χ0) is 15.0. The first-order chi connectivity index (χ1) is 10.1. The minimum atomic E-state index is -1.01. The van der Waals surface area contributed by atoms with Crippen molar-refractivity contribution >= 4 is 22.6 Å². The van der Waals surface area contributed by atoms with Crippen LogP contribution in [0.3, 0.4) is 0 Å². The highest BCUT2D eigenvalue weighted by Gasteiger charge is 2.19. The molecule has 0 amide bonds. The van der Waals surface area contributed by atoms with Crippen LogP contribution in [0.15, 0.2) is 42.5 Å². The van der Waals surface area contributed by atoms with Crippen molar-refractivity contribution in [2.45, 2.75) is 6.92 Å². The molecule has 0 atom stereocenters. The first kappa shape index (κ1) is 13.1. The van der Waals surface area contributed by atoms with Gasteiger partial charge in [0.1, 0.15) is 5.69 Å². The van der Waals surface area contributed by atoms with Crippen LogP contribution >= 0.6 is 0 Å². The van der Waals surface area contributed by atoms with Gasteiger partial charge in [-0.3, -0.25) is 0 Å². The van der Waals surface area contributed by atoms with E-state index >= 15 is 0 Å². The number of H-pyrrole nitrogens is 1. The average molecular weight is 281 g/mol. The molecule has 3 rings (SSSR count). The van der Waals surface area contributed by atoms with Crippen LogP contribution in [-0.2, 0) is 0 Å². The number of aromatic carboxylic acids is 1. The smallest absolute Gasteiger partial charge is 0.352 e. The van der Waals surface area contributed by atoms with Crippen molar-refractivity contribution in [2.75, 3.05) is 0 Å². The summed E-state index contributed by atoms with van der Waals surface area (Å²) < 4.78 is 0. The second kappa shape index (κ2) is 4.86. The summed E-state index contributed by atoms with van der Waals surface area (Å²) in [5, 5.41) is 12.1. The number of rotatable bonds is 3. The van der Waals surface area contributed by atoms with Gasteiger partial charge >= 0.3 is 5.97 Å². The van der Waals surface area contributed by atoms with Crippen molar-refractivity contribution in [2.24, 2.45) is 0 Å². The van der Waals surface area contributed by atoms with Gasteiger partial charge < -0.3 is 10.1 Å². The first-order valence-electron chi connectivity index (χ1n) is 6.45. The van der Waals surface area contributed by atoms with Gasteiger partial charge in [-0.2, -0.15) is 0 Å². The van der Waals surface area contributed by atoms with Crippen molar-refractivity contribution in [1.29, 1.82) is 0 Å². The van der Waals surface area contributed by atoms with Crippen molar-refractivity contribution in [3.63, 3.8) is 0 Å². The van der Waals surface area contributed by atoms with Gasteiger partial charge in [0.25, 0.3) is 5.69 Å². The molecule has 0 aliphatic heterocycles. The third kappa shape index (κ3) is 2.08. The molecule has 5 nitrogen and oxygen atoms in total. The molecule has 0 radical (unpaired) electrons. The summed E-state index contributed by atoms with van der Waals surface area (Å²) in [6.45, 7) is 1.93. The van der Waals surface area contributed by atoms with Crippen LogP contribution < -0.4 is 5.18 Å². The number of nitroso groups, excluding NO2 is 1. The Kier molecular flexibility index (Phi) is 3.02. The van der Waals surface area contributed by atoms with Crippen LogP contribution in [0.25, 0.3) is 22.0 Å². The van der Waals surface area contributed by atoms with Gasteiger partial charge in [-0.25, -0.2) is 4.79 Å². The molecule has 21 heavy (non-hydrogen) atoms. The van der Waals surface area contributed by atoms with Gasteiger partial charge in [0.05, 0.1) is 0 Å². The number of aryl methyl sites for hydroxylation is 1. The number of para-hydroxylation sites is 1. The molecule has 104 valence electrons. The van der Waals surface area contributed by atoms with E-state index in [2.05, 4.69) is 4.98 Å². The lowest BCUT2D eigenvalue weighted by molar-refractivity contribution is -0.379. The first-order valence-corrected chi connectivity index (χ1v) is 6.45. The van der Waals surface area contributed by atoms with Gasteiger partial charge in [-0.15, -0.1) is 0 Å². The number of carboxylic acids is 1. The highest BCUT2D eigenvalue weighted by Crippen LogP contribution is 2.34. The minimum Gasteiger partial charge on any atom is -0.477 e. The number of carboxylic acid groups (broad SMARTS) is 1. The van der Waals surface area contributed by atoms with Crippen molar-refractivity contribution in [3.8, 4) is 11.1 Å². The Morgan fingerprint density at radius 3 is 2.48 bits per heavy atom. The van der Waals surface area contributed by atoms with E-state index in [1.54, 1.807) is 24.3 Å². The van der Waals surface area contributed by atoms with E-state index in [0.29, 0.717) is 11.3 Å². The fraction of sp³-hybridized carbons (Fsp3) is 0.0625. The average Bonchev–Trinajstić information content (AvgIpc) is 2.88. The maximum Gasteiger partial charge on any atom is 0.352 e. The third-order valence-electron chi connectivity index (χ3n) is 3.55. The third-order valence-corrected chi connectivity index (χ3v) is 3.55. The second-order valence-corrected chi connectivity index (χ2v) is 4.86. The molecule has 0 aliphatic rings. The maximum atomic E-state index is 11.5. The van der Waals surface area contributed by atoms with Gasteiger partial charge in [-0.1, -0.05) is 18.2 Å². The number of aromatic nitrogens is 1. The zero-order valence-corrected chi connectivity index (χ0v) is 11.3. The predicted octanol–water partition coefficient (Wildman–Crippen LogP) is 2.32. The lowest BCUT2D eigenvalue weighted by atomic mass is 10.0. The summed E-state index contributed by atoms with van der Waals surface area (Å²) in [7, 11) is 0. The largest absolute Gasteiger partial charge is 0.477 e. The van der Waals surface area contributed by atoms with Gasteiger partial charge in [0.15, 0.2) is 0 Å². The molecule has 0 saturated heterocycles. The number of benzene rings is 2. The summed E-state index contributed by atoms with van der Waals surface area (Å²) in [4.78, 5) is 25.1. The number of aromatic amines is 1. The quantitative estimate of drug-likeness (QED) is 0.689. The Hall–Kier alpha value is -2.95. The number of fused-ring (bicyclic) bond motifs is 1. The normalized spacial score (nSPS) is 10.7. The molecule has 0 fully saturated rings. The summed E-state index contributed by atoms with van der Waals surface area (Å²) in [6, 6.07) is 12.4. The SMILES string of the molecule is Cc1cccc2c(-c3ccc([NH+]=O)cc3)c(C(=O)O)[nH]c12. The number of nitrogens with one attached hydrogen (secondary N) is 2. The Morgan fingerprint density at radius 1 is 1.14 bits per heavy atom. The summed E-state index contributed by atoms with van der Waals surface area (Å²) in [6.07, 6.45) is 0. The Balaban J connectivity index is 2.33. The number of hydrogen-bond acceptors (Lipinski definition) is 2. The van der Waals surface area contributed by atoms with E-state index in [4.69, 9.17) is 0 Å². The zero-order valence-electron chi connectivity index (χ0n) is 11.3. The lowest BCUT2D eigenvalue weighted by Gasteiger charge is -2.02. The number of hydrogen-bond donors (Lipinski definition) is 3. The van der Waals surface area contributed by atoms with Crippen molar-refractivity contribution in [3.05, 3.63) is 58.6 Å². The molecule has 0 saturated carbocycles. The number of carbonyl (C=O) groups is 1. The van der Waals surface area contributed by atoms with Crippen LogP contribution in [0, 0.1) is 11.8 Å². The standard InChI is InChI=1S/C16H12N2O3/c1-9-3-2-4-12-13(15(16(19)20)17-14(9)12)10-5-7-11(18-21)8-6-10/h2-8,17H,1H3,(H,19,20)/p+1. The van der Waals surface area contributed by atoms with Gasteiger partial charge in [-0.05, 0) is 30.2 Å². The molecule has 0 bridgehead atoms. The van der Waals surface area contributed by atoms with Crippen molar-refractivity contribution < 1.29 is 15.1 Å². The molecule has 1 heterocycles. The minimum absolute atomic E-state index is 0.155. The molecule has 2 aromatic carbocycles. The lowest BCUT2D eigenvalue weighted by Crippen LogP contribution is -2.55. The highest BCUT2D eigenvalue weighted by molar-refractivity contribution is 6.08. The Morgan fingerprint density at radius 2 is 1.86 bits per heavy atom. The van der Waals surface area contributed by atoms with E-state index in [1.165, 1.54) is 0 Å². The van der Waals surface area contributed by atoms with E-state index in [0.717, 1.165) is 22.0 Å². The van der Waals surface area contributed by atoms with Crippen LogP contribution in [0.5, 0.6) is 0 Å². The fourth-order valence-corrected chi connectivity index (χ4v) is 2.53. The summed E-state index contributed by atoms with van der Waals surface area (Å²) in [5.74, 6) is -1.01. The second-order valence-electron chi connectivity index (χ2n) is 4.86. The highest BCUT2D eigenvalue weighted by atomic mass is 16.4. The maximum absolute atomic E-state index is 11.5. The summed E-state index contributed by atoms with van der Waals surface area (Å²) >= 11 is 0. The van der Waals surface area contributed by atoms with Gasteiger partial charge in [0.2, 0.25) is 0 Å². The van der Waals surface area contributed by atoms with Crippen LogP contribution in [0.1, 0.15) is 16.1 Å². The van der Waals surface area contributed by atoms with E-state index in [9.17, 15) is 14.8 Å². The molecular formula is C16H13N2O3+. The van der Waals surface area contributed by atoms with E-state index in [1.807, 2.05) is 30.3 Å². The Bertz CT molecular complexity index is 848. The van der Waals surface area contributed by atoms with Gasteiger partial charge in [0, 0.05) is 38.7 Å². The topological polar surface area (TPSA) is 84.1 Å². The Labute approximate surface area is 120 Å². The van der Waals surface area contributed by atoms with Crippen LogP contribution in [0.2, 0.25) is 0 Å². The predicted molar refractivity (Wildman–Crippen MR) is 79.4 cm³/mol. The van der Waals surface area contributed by atoms with E-state index < -0.39 is 5.97 Å². The molecule has 3 N–H and O–H groups in total. The molecule has 3 aromatic rings. The van der Waals surface area contributed by atoms with Crippen LogP contribution in [0.4, 0.5) is 5.69 Å². The van der Waals surface area contributed by atoms with Crippen molar-refractivity contribution in [1.82, 2.24) is 4.98 Å². The molecule has 1 aromatic heterocycles. The molecular weight excluding hydrogens is 268 g/mol. The monoisotopic (exact) mass is 281 g/mol. The molecule has 0 spiro atoms. The molecule has 5 heteroatoms. The van der Waals surface area contributed by atoms with Crippen LogP contribution in [-0.4, -0.2) is 16.1 Å². The summed E-state index contributed by atoms with van der Waals surface area (Å²) in [5.41, 5.74) is 3.78.